The highest BCUT2D eigenvalue weighted by molar-refractivity contribution is 6.32. The van der Waals surface area contributed by atoms with Gasteiger partial charge in [-0.25, -0.2) is 0 Å². The number of aliphatic hydroxyl groups excluding tert-OH is 1. The second-order valence-electron chi connectivity index (χ2n) is 3.44. The summed E-state index contributed by atoms with van der Waals surface area (Å²) in [5, 5.41) is 16.2. The molecule has 7 heteroatoms. The first kappa shape index (κ1) is 13.7. The second kappa shape index (κ2) is 5.79. The van der Waals surface area contributed by atoms with Crippen LogP contribution in [0.15, 0.2) is 17.6 Å². The van der Waals surface area contributed by atoms with Gasteiger partial charge in [0.15, 0.2) is 11.4 Å². The van der Waals surface area contributed by atoms with Crippen molar-refractivity contribution < 1.29 is 19.8 Å². The number of carboxylic acids is 1. The molecule has 2 unspecified atom stereocenters. The first-order chi connectivity index (χ1) is 8.02. The topological polar surface area (TPSA) is 90.2 Å². The molecule has 0 aliphatic carbocycles. The van der Waals surface area contributed by atoms with Crippen molar-refractivity contribution in [1.82, 2.24) is 4.90 Å². The Kier molecular flexibility index (Phi) is 4.65. The van der Waals surface area contributed by atoms with E-state index in [1.54, 1.807) is 6.08 Å². The molecule has 2 atom stereocenters. The van der Waals surface area contributed by atoms with Crippen molar-refractivity contribution >= 4 is 29.3 Å². The van der Waals surface area contributed by atoms with E-state index in [1.807, 2.05) is 0 Å². The van der Waals surface area contributed by atoms with E-state index in [1.165, 1.54) is 4.90 Å². The van der Waals surface area contributed by atoms with Gasteiger partial charge >= 0.3 is 5.97 Å². The predicted molar refractivity (Wildman–Crippen MR) is 62.1 cm³/mol. The van der Waals surface area contributed by atoms with Gasteiger partial charge in [-0.1, -0.05) is 6.08 Å². The fraction of sp³-hybridized carbons (Fsp3) is 0.500. The summed E-state index contributed by atoms with van der Waals surface area (Å²) in [4.78, 5) is 27.8. The Morgan fingerprint density at radius 1 is 1.71 bits per heavy atom. The molecule has 1 aliphatic heterocycles. The number of halogens is 1. The highest BCUT2D eigenvalue weighted by atomic mass is 35.5. The quantitative estimate of drug-likeness (QED) is 0.514. The third-order valence-electron chi connectivity index (χ3n) is 2.28. The molecule has 0 aromatic heterocycles. The van der Waals surface area contributed by atoms with Crippen LogP contribution in [0.25, 0.3) is 0 Å². The van der Waals surface area contributed by atoms with E-state index in [0.29, 0.717) is 12.3 Å². The summed E-state index contributed by atoms with van der Waals surface area (Å²) in [7, 11) is 0. The lowest BCUT2D eigenvalue weighted by Gasteiger charge is -2.17. The summed E-state index contributed by atoms with van der Waals surface area (Å²) in [6, 6.07) is -1.13. The molecule has 1 rings (SSSR count). The first-order valence-corrected chi connectivity index (χ1v) is 5.43. The number of carbonyl (C=O) groups excluding carboxylic acids is 1. The molecule has 0 bridgehead atoms. The van der Waals surface area contributed by atoms with Crippen molar-refractivity contribution in [1.29, 1.82) is 0 Å². The molecule has 0 fully saturated rings. The number of aliphatic hydroxyl groups is 1. The third-order valence-corrected chi connectivity index (χ3v) is 2.71. The summed E-state index contributed by atoms with van der Waals surface area (Å²) in [5.74, 6) is -1.41. The van der Waals surface area contributed by atoms with E-state index in [9.17, 15) is 9.59 Å². The van der Waals surface area contributed by atoms with Gasteiger partial charge in [-0.05, 0) is 0 Å². The van der Waals surface area contributed by atoms with Crippen molar-refractivity contribution in [3.63, 3.8) is 0 Å². The van der Waals surface area contributed by atoms with Gasteiger partial charge in [0.05, 0.1) is 13.2 Å². The molecule has 0 aromatic carbocycles. The number of carboxylic acid groups (broad SMARTS) is 1. The van der Waals surface area contributed by atoms with Crippen molar-refractivity contribution in [2.75, 3.05) is 13.2 Å². The van der Waals surface area contributed by atoms with E-state index in [2.05, 4.69) is 11.6 Å². The number of amides is 1. The molecular weight excluding hydrogens is 248 g/mol. The summed E-state index contributed by atoms with van der Waals surface area (Å²) in [6.45, 7) is 3.37. The van der Waals surface area contributed by atoms with Gasteiger partial charge in [0.1, 0.15) is 5.84 Å². The molecule has 0 aromatic rings. The van der Waals surface area contributed by atoms with Gasteiger partial charge in [-0.15, -0.1) is 18.2 Å². The van der Waals surface area contributed by atoms with Crippen LogP contribution in [0.3, 0.4) is 0 Å². The molecule has 6 nitrogen and oxygen atoms in total. The molecule has 94 valence electrons. The fourth-order valence-electron chi connectivity index (χ4n) is 1.53. The van der Waals surface area contributed by atoms with Gasteiger partial charge in [0.25, 0.3) is 5.91 Å². The molecule has 0 saturated heterocycles. The van der Waals surface area contributed by atoms with E-state index < -0.39 is 23.3 Å². The van der Waals surface area contributed by atoms with E-state index >= 15 is 0 Å². The monoisotopic (exact) mass is 260 g/mol. The van der Waals surface area contributed by atoms with Crippen LogP contribution < -0.4 is 0 Å². The van der Waals surface area contributed by atoms with E-state index in [-0.39, 0.29) is 13.2 Å². The van der Waals surface area contributed by atoms with Crippen LogP contribution in [0.1, 0.15) is 6.42 Å². The zero-order valence-electron chi connectivity index (χ0n) is 9.04. The van der Waals surface area contributed by atoms with Gasteiger partial charge < -0.3 is 10.2 Å². The van der Waals surface area contributed by atoms with Crippen LogP contribution in [0, 0.1) is 0 Å². The van der Waals surface area contributed by atoms with Crippen LogP contribution in [0.4, 0.5) is 0 Å². The summed E-state index contributed by atoms with van der Waals surface area (Å²) in [5.41, 5.74) is 0. The molecule has 0 spiro atoms. The minimum Gasteiger partial charge on any atom is -0.480 e. The maximum atomic E-state index is 11.8. The number of alkyl halides is 1. The number of rotatable bonds is 6. The fourth-order valence-corrected chi connectivity index (χ4v) is 1.69. The molecule has 1 heterocycles. The molecule has 1 amide bonds. The molecule has 2 N–H and O–H groups in total. The number of amidine groups is 1. The number of hydrogen-bond donors (Lipinski definition) is 2. The standard InChI is InChI=1S/C10H13ClN2O4/c1-2-3-6-12-8(7(11)10(16)17)9(15)13(6)4-5-14/h2,7-8,14H,1,3-5H2,(H,16,17). The Bertz CT molecular complexity index is 369. The van der Waals surface area contributed by atoms with Gasteiger partial charge in [0, 0.05) is 6.42 Å². The Hall–Kier alpha value is -1.40. The highest BCUT2D eigenvalue weighted by Gasteiger charge is 2.40. The Labute approximate surface area is 103 Å². The third kappa shape index (κ3) is 2.83. The molecule has 17 heavy (non-hydrogen) atoms. The minimum atomic E-state index is -1.40. The zero-order chi connectivity index (χ0) is 13.0. The Morgan fingerprint density at radius 3 is 2.82 bits per heavy atom. The van der Waals surface area contributed by atoms with E-state index in [0.717, 1.165) is 0 Å². The average molecular weight is 261 g/mol. The molecular formula is C10H13ClN2O4. The van der Waals surface area contributed by atoms with E-state index in [4.69, 9.17) is 21.8 Å². The smallest absolute Gasteiger partial charge is 0.324 e. The molecule has 0 saturated carbocycles. The zero-order valence-corrected chi connectivity index (χ0v) is 9.80. The van der Waals surface area contributed by atoms with Crippen molar-refractivity contribution in [3.8, 4) is 0 Å². The minimum absolute atomic E-state index is 0.0746. The number of nitrogens with zero attached hydrogens (tertiary/aromatic N) is 2. The van der Waals surface area contributed by atoms with Gasteiger partial charge in [-0.2, -0.15) is 0 Å². The van der Waals surface area contributed by atoms with Crippen molar-refractivity contribution in [3.05, 3.63) is 12.7 Å². The van der Waals surface area contributed by atoms with Crippen LogP contribution in [0.5, 0.6) is 0 Å². The molecule has 0 radical (unpaired) electrons. The normalized spacial score (nSPS) is 21.3. The number of aliphatic imine (C=N–C) groups is 1. The average Bonchev–Trinajstić information content (AvgIpc) is 2.57. The maximum Gasteiger partial charge on any atom is 0.324 e. The van der Waals surface area contributed by atoms with Crippen LogP contribution in [-0.2, 0) is 9.59 Å². The summed E-state index contributed by atoms with van der Waals surface area (Å²) >= 11 is 5.61. The summed E-state index contributed by atoms with van der Waals surface area (Å²) < 4.78 is 0. The largest absolute Gasteiger partial charge is 0.480 e. The van der Waals surface area contributed by atoms with Crippen molar-refractivity contribution in [2.24, 2.45) is 4.99 Å². The van der Waals surface area contributed by atoms with Crippen LogP contribution in [-0.4, -0.2) is 57.4 Å². The Morgan fingerprint density at radius 2 is 2.35 bits per heavy atom. The highest BCUT2D eigenvalue weighted by Crippen LogP contribution is 2.19. The SMILES string of the molecule is C=CCC1=NC(C(Cl)C(=O)O)C(=O)N1CCO. The number of hydrogen-bond acceptors (Lipinski definition) is 4. The van der Waals surface area contributed by atoms with Crippen molar-refractivity contribution in [2.45, 2.75) is 17.8 Å². The number of aliphatic carboxylic acids is 1. The molecule has 1 aliphatic rings. The number of carbonyl (C=O) groups is 2. The number of β-amino-alcohol motifs (C(OH)–C–C–N with tert-alkyl or cyclic N) is 1. The second-order valence-corrected chi connectivity index (χ2v) is 3.91. The lowest BCUT2D eigenvalue weighted by atomic mass is 10.2. The summed E-state index contributed by atoms with van der Waals surface area (Å²) in [6.07, 6.45) is 1.87. The lowest BCUT2D eigenvalue weighted by Crippen LogP contribution is -2.41. The van der Waals surface area contributed by atoms with Gasteiger partial charge in [-0.3, -0.25) is 19.5 Å². The van der Waals surface area contributed by atoms with Gasteiger partial charge in [0.2, 0.25) is 0 Å². The van der Waals surface area contributed by atoms with Crippen LogP contribution >= 0.6 is 11.6 Å². The predicted octanol–water partition coefficient (Wildman–Crippen LogP) is -0.144. The lowest BCUT2D eigenvalue weighted by molar-refractivity contribution is -0.139. The first-order valence-electron chi connectivity index (χ1n) is 4.99. The maximum absolute atomic E-state index is 11.8. The van der Waals surface area contributed by atoms with Crippen LogP contribution in [0.2, 0.25) is 0 Å². The Balaban J connectivity index is 2.92.